The Morgan fingerprint density at radius 3 is 2.87 bits per heavy atom. The molecule has 3 rings (SSSR count). The average molecular weight is 197 g/mol. The van der Waals surface area contributed by atoms with Gasteiger partial charge >= 0.3 is 0 Å². The van der Waals surface area contributed by atoms with Gasteiger partial charge in [-0.25, -0.2) is 0 Å². The smallest absolute Gasteiger partial charge is 0.143 e. The van der Waals surface area contributed by atoms with Gasteiger partial charge in [0.2, 0.25) is 0 Å². The first kappa shape index (κ1) is 8.05. The molecule has 2 heterocycles. The number of nitrogens with zero attached hydrogens (tertiary/aromatic N) is 5. The summed E-state index contributed by atoms with van der Waals surface area (Å²) in [5.41, 5.74) is 1.78. The zero-order chi connectivity index (χ0) is 10.1. The first-order valence-electron chi connectivity index (χ1n) is 4.52. The molecule has 2 aromatic heterocycles. The summed E-state index contributed by atoms with van der Waals surface area (Å²) in [5.74, 6) is 0. The third-order valence-electron chi connectivity index (χ3n) is 2.21. The monoisotopic (exact) mass is 197 g/mol. The second-order valence-electron chi connectivity index (χ2n) is 3.11. The number of hydrogen-bond donors (Lipinski definition) is 0. The number of pyridine rings is 1. The van der Waals surface area contributed by atoms with E-state index in [1.807, 2.05) is 30.3 Å². The lowest BCUT2D eigenvalue weighted by Crippen LogP contribution is -1.97. The van der Waals surface area contributed by atoms with Crippen LogP contribution < -0.4 is 0 Å². The highest BCUT2D eigenvalue weighted by Gasteiger charge is 2.03. The maximum absolute atomic E-state index is 4.32. The molecular formula is C10H7N5. The summed E-state index contributed by atoms with van der Waals surface area (Å²) >= 11 is 0. The minimum absolute atomic E-state index is 0.887. The van der Waals surface area contributed by atoms with Gasteiger partial charge in [-0.15, -0.1) is 5.10 Å². The van der Waals surface area contributed by atoms with Crippen LogP contribution in [-0.2, 0) is 0 Å². The summed E-state index contributed by atoms with van der Waals surface area (Å²) in [4.78, 5) is 4.32. The molecule has 0 saturated carbocycles. The Kier molecular flexibility index (Phi) is 1.68. The molecule has 0 N–H and O–H groups in total. The molecule has 0 spiro atoms. The van der Waals surface area contributed by atoms with Crippen LogP contribution in [0.15, 0.2) is 42.9 Å². The van der Waals surface area contributed by atoms with Gasteiger partial charge in [-0.1, -0.05) is 18.2 Å². The highest BCUT2D eigenvalue weighted by molar-refractivity contribution is 5.85. The summed E-state index contributed by atoms with van der Waals surface area (Å²) in [6, 6.07) is 9.82. The van der Waals surface area contributed by atoms with E-state index >= 15 is 0 Å². The van der Waals surface area contributed by atoms with Crippen molar-refractivity contribution in [2.75, 3.05) is 0 Å². The van der Waals surface area contributed by atoms with E-state index in [0.717, 1.165) is 16.6 Å². The first-order chi connectivity index (χ1) is 7.45. The maximum atomic E-state index is 4.32. The molecule has 0 fully saturated rings. The molecule has 1 aromatic carbocycles. The van der Waals surface area contributed by atoms with Crippen LogP contribution in [0, 0.1) is 0 Å². The Bertz CT molecular complexity index is 582. The minimum atomic E-state index is 0.887. The molecule has 15 heavy (non-hydrogen) atoms. The molecule has 0 amide bonds. The zero-order valence-corrected chi connectivity index (χ0v) is 7.78. The lowest BCUT2D eigenvalue weighted by molar-refractivity contribution is 0.792. The van der Waals surface area contributed by atoms with E-state index in [1.165, 1.54) is 0 Å². The van der Waals surface area contributed by atoms with Crippen LogP contribution in [0.4, 0.5) is 0 Å². The summed E-state index contributed by atoms with van der Waals surface area (Å²) in [6.07, 6.45) is 3.32. The molecule has 0 saturated heterocycles. The van der Waals surface area contributed by atoms with Crippen molar-refractivity contribution in [2.24, 2.45) is 0 Å². The summed E-state index contributed by atoms with van der Waals surface area (Å²) in [5, 5.41) is 12.1. The van der Waals surface area contributed by atoms with Gasteiger partial charge in [-0.2, -0.15) is 4.68 Å². The van der Waals surface area contributed by atoms with Gasteiger partial charge in [0, 0.05) is 11.6 Å². The van der Waals surface area contributed by atoms with E-state index in [1.54, 1.807) is 17.2 Å². The highest BCUT2D eigenvalue weighted by atomic mass is 15.5. The first-order valence-corrected chi connectivity index (χ1v) is 4.52. The lowest BCUT2D eigenvalue weighted by atomic mass is 10.2. The number of hydrogen-bond acceptors (Lipinski definition) is 4. The predicted octanol–water partition coefficient (Wildman–Crippen LogP) is 1.21. The second-order valence-corrected chi connectivity index (χ2v) is 3.11. The quantitative estimate of drug-likeness (QED) is 0.588. The molecular weight excluding hydrogens is 190 g/mol. The van der Waals surface area contributed by atoms with Gasteiger partial charge in [0.05, 0.1) is 11.2 Å². The Morgan fingerprint density at radius 1 is 1.07 bits per heavy atom. The molecule has 0 aliphatic rings. The number of benzene rings is 1. The van der Waals surface area contributed by atoms with E-state index in [0.29, 0.717) is 0 Å². The van der Waals surface area contributed by atoms with E-state index in [-0.39, 0.29) is 0 Å². The van der Waals surface area contributed by atoms with E-state index in [2.05, 4.69) is 20.5 Å². The van der Waals surface area contributed by atoms with Crippen molar-refractivity contribution in [3.05, 3.63) is 42.9 Å². The standard InChI is InChI=1S/C10H7N5/c1-3-8-4-2-6-11-10(8)9(5-1)15-7-12-13-14-15/h1-7H. The van der Waals surface area contributed by atoms with E-state index < -0.39 is 0 Å². The topological polar surface area (TPSA) is 56.5 Å². The molecule has 0 bridgehead atoms. The van der Waals surface area contributed by atoms with Gasteiger partial charge in [-0.05, 0) is 22.6 Å². The molecule has 0 aliphatic carbocycles. The van der Waals surface area contributed by atoms with E-state index in [4.69, 9.17) is 0 Å². The normalized spacial score (nSPS) is 10.7. The lowest BCUT2D eigenvalue weighted by Gasteiger charge is -2.02. The third kappa shape index (κ3) is 1.25. The van der Waals surface area contributed by atoms with Gasteiger partial charge in [0.25, 0.3) is 0 Å². The maximum Gasteiger partial charge on any atom is 0.143 e. The van der Waals surface area contributed by atoms with Crippen molar-refractivity contribution in [1.82, 2.24) is 25.2 Å². The molecule has 0 radical (unpaired) electrons. The molecule has 0 aliphatic heterocycles. The van der Waals surface area contributed by atoms with E-state index in [9.17, 15) is 0 Å². The number of tetrazole rings is 1. The molecule has 5 heteroatoms. The fourth-order valence-corrected chi connectivity index (χ4v) is 1.54. The minimum Gasteiger partial charge on any atom is -0.254 e. The number of rotatable bonds is 1. The predicted molar refractivity (Wildman–Crippen MR) is 54.5 cm³/mol. The van der Waals surface area contributed by atoms with Crippen LogP contribution in [-0.4, -0.2) is 25.2 Å². The van der Waals surface area contributed by atoms with Crippen LogP contribution in [0.25, 0.3) is 16.6 Å². The van der Waals surface area contributed by atoms with Crippen molar-refractivity contribution in [2.45, 2.75) is 0 Å². The third-order valence-corrected chi connectivity index (χ3v) is 2.21. The Hall–Kier alpha value is -2.30. The summed E-state index contributed by atoms with van der Waals surface area (Å²) < 4.78 is 1.61. The Balaban J connectivity index is 2.36. The summed E-state index contributed by atoms with van der Waals surface area (Å²) in [6.45, 7) is 0. The summed E-state index contributed by atoms with van der Waals surface area (Å²) in [7, 11) is 0. The van der Waals surface area contributed by atoms with Crippen LogP contribution in [0.1, 0.15) is 0 Å². The van der Waals surface area contributed by atoms with Gasteiger partial charge < -0.3 is 0 Å². The van der Waals surface area contributed by atoms with Crippen LogP contribution in [0.3, 0.4) is 0 Å². The number of para-hydroxylation sites is 1. The average Bonchev–Trinajstić information content (AvgIpc) is 2.82. The second kappa shape index (κ2) is 3.13. The zero-order valence-electron chi connectivity index (χ0n) is 7.78. The fourth-order valence-electron chi connectivity index (χ4n) is 1.54. The fraction of sp³-hybridized carbons (Fsp3) is 0. The molecule has 72 valence electrons. The van der Waals surface area contributed by atoms with Crippen LogP contribution >= 0.6 is 0 Å². The van der Waals surface area contributed by atoms with Crippen molar-refractivity contribution < 1.29 is 0 Å². The van der Waals surface area contributed by atoms with Gasteiger partial charge in [0.1, 0.15) is 6.33 Å². The van der Waals surface area contributed by atoms with Crippen molar-refractivity contribution in [3.63, 3.8) is 0 Å². The largest absolute Gasteiger partial charge is 0.254 e. The molecule has 0 unspecified atom stereocenters. The molecule has 3 aromatic rings. The number of fused-ring (bicyclic) bond motifs is 1. The van der Waals surface area contributed by atoms with Crippen LogP contribution in [0.2, 0.25) is 0 Å². The SMILES string of the molecule is c1cnc2c(-n3cnnn3)cccc2c1. The highest BCUT2D eigenvalue weighted by Crippen LogP contribution is 2.18. The van der Waals surface area contributed by atoms with Crippen LogP contribution in [0.5, 0.6) is 0 Å². The van der Waals surface area contributed by atoms with Crippen molar-refractivity contribution >= 4 is 10.9 Å². The Morgan fingerprint density at radius 2 is 2.00 bits per heavy atom. The molecule has 5 nitrogen and oxygen atoms in total. The number of aromatic nitrogens is 5. The molecule has 0 atom stereocenters. The van der Waals surface area contributed by atoms with Gasteiger partial charge in [-0.3, -0.25) is 4.98 Å². The van der Waals surface area contributed by atoms with Crippen molar-refractivity contribution in [3.8, 4) is 5.69 Å². The van der Waals surface area contributed by atoms with Gasteiger partial charge in [0.15, 0.2) is 0 Å². The Labute approximate surface area is 85.4 Å². The van der Waals surface area contributed by atoms with Crippen molar-refractivity contribution in [1.29, 1.82) is 0 Å².